The molecule has 0 fully saturated rings. The van der Waals surface area contributed by atoms with Crippen molar-refractivity contribution >= 4 is 65.4 Å². The highest BCUT2D eigenvalue weighted by atomic mass is 16.3. The van der Waals surface area contributed by atoms with Crippen LogP contribution in [0.4, 0.5) is 0 Å². The molecule has 0 atom stereocenters. The van der Waals surface area contributed by atoms with Crippen molar-refractivity contribution in [2.24, 2.45) is 0 Å². The number of fused-ring (bicyclic) bond motifs is 9. The van der Waals surface area contributed by atoms with Crippen molar-refractivity contribution in [2.75, 3.05) is 0 Å². The van der Waals surface area contributed by atoms with E-state index in [2.05, 4.69) is 229 Å². The molecule has 0 N–H and O–H groups in total. The highest BCUT2D eigenvalue weighted by Gasteiger charge is 2.22. The lowest BCUT2D eigenvalue weighted by Gasteiger charge is -2.16. The zero-order chi connectivity index (χ0) is 46.1. The lowest BCUT2D eigenvalue weighted by atomic mass is 9.88. The van der Waals surface area contributed by atoms with Crippen LogP contribution in [0.15, 0.2) is 247 Å². The molecule has 326 valence electrons. The molecule has 14 aromatic rings. The molecule has 0 bridgehead atoms. The van der Waals surface area contributed by atoms with E-state index in [1.807, 2.05) is 18.2 Å². The SMILES string of the molecule is c1ccc(-c2cc(-c3ccc(-n4c5ccccc5c5ccccc54)cc3)nc(-c3cccc(-c4cccc(-c5c6c(cc7c(-c8ccccc8)nc8ccccc8c57)oc5ccccc56)c4)c3)n2)cc1. The maximum Gasteiger partial charge on any atom is 0.160 e. The zero-order valence-electron chi connectivity index (χ0n) is 37.8. The van der Waals surface area contributed by atoms with Gasteiger partial charge in [-0.3, -0.25) is 0 Å². The molecule has 4 heterocycles. The van der Waals surface area contributed by atoms with Gasteiger partial charge in [0.05, 0.1) is 33.6 Å². The molecule has 10 aromatic carbocycles. The van der Waals surface area contributed by atoms with Gasteiger partial charge in [-0.1, -0.05) is 182 Å². The fraction of sp³-hybridized carbons (Fsp3) is 0. The summed E-state index contributed by atoms with van der Waals surface area (Å²) in [6.07, 6.45) is 0. The average molecular weight is 893 g/mol. The van der Waals surface area contributed by atoms with Gasteiger partial charge in [0.1, 0.15) is 11.2 Å². The number of nitrogens with zero attached hydrogens (tertiary/aromatic N) is 4. The Bertz CT molecular complexity index is 4290. The summed E-state index contributed by atoms with van der Waals surface area (Å²) in [4.78, 5) is 15.9. The second-order valence-corrected chi connectivity index (χ2v) is 17.9. The number of furan rings is 1. The second-order valence-electron chi connectivity index (χ2n) is 17.9. The normalized spacial score (nSPS) is 11.7. The van der Waals surface area contributed by atoms with E-state index in [4.69, 9.17) is 19.4 Å². The Morgan fingerprint density at radius 3 is 1.54 bits per heavy atom. The van der Waals surface area contributed by atoms with Crippen LogP contribution in [0.5, 0.6) is 0 Å². The van der Waals surface area contributed by atoms with Gasteiger partial charge >= 0.3 is 0 Å². The van der Waals surface area contributed by atoms with E-state index >= 15 is 0 Å². The molecule has 4 aromatic heterocycles. The second kappa shape index (κ2) is 16.1. The Labute approximate surface area is 403 Å². The van der Waals surface area contributed by atoms with Crippen LogP contribution >= 0.6 is 0 Å². The van der Waals surface area contributed by atoms with Crippen LogP contribution in [0.2, 0.25) is 0 Å². The summed E-state index contributed by atoms with van der Waals surface area (Å²) in [6, 6.07) is 85.5. The molecule has 0 aliphatic rings. The first-order valence-electron chi connectivity index (χ1n) is 23.7. The summed E-state index contributed by atoms with van der Waals surface area (Å²) in [6.45, 7) is 0. The topological polar surface area (TPSA) is 56.7 Å². The molecule has 14 rings (SSSR count). The maximum absolute atomic E-state index is 6.70. The third-order valence-corrected chi connectivity index (χ3v) is 13.8. The molecule has 70 heavy (non-hydrogen) atoms. The van der Waals surface area contributed by atoms with Crippen molar-refractivity contribution in [3.05, 3.63) is 243 Å². The van der Waals surface area contributed by atoms with Crippen LogP contribution in [-0.2, 0) is 0 Å². The molecule has 0 saturated carbocycles. The third kappa shape index (κ3) is 6.51. The van der Waals surface area contributed by atoms with E-state index < -0.39 is 0 Å². The number of hydrogen-bond acceptors (Lipinski definition) is 4. The predicted octanol–water partition coefficient (Wildman–Crippen LogP) is 17.2. The summed E-state index contributed by atoms with van der Waals surface area (Å²) in [7, 11) is 0. The minimum absolute atomic E-state index is 0.661. The van der Waals surface area contributed by atoms with Crippen molar-refractivity contribution in [1.29, 1.82) is 0 Å². The molecule has 0 saturated heterocycles. The minimum atomic E-state index is 0.661. The quantitative estimate of drug-likeness (QED) is 0.150. The molecule has 5 nitrogen and oxygen atoms in total. The molecule has 0 aliphatic carbocycles. The van der Waals surface area contributed by atoms with E-state index in [0.717, 1.165) is 111 Å². The highest BCUT2D eigenvalue weighted by Crippen LogP contribution is 2.47. The first-order valence-corrected chi connectivity index (χ1v) is 23.7. The van der Waals surface area contributed by atoms with Gasteiger partial charge in [-0.2, -0.15) is 0 Å². The van der Waals surface area contributed by atoms with E-state index in [-0.39, 0.29) is 0 Å². The fourth-order valence-corrected chi connectivity index (χ4v) is 10.6. The number of aromatic nitrogens is 4. The lowest BCUT2D eigenvalue weighted by Crippen LogP contribution is -1.97. The van der Waals surface area contributed by atoms with Crippen LogP contribution < -0.4 is 0 Å². The maximum atomic E-state index is 6.70. The van der Waals surface area contributed by atoms with Crippen LogP contribution in [0.1, 0.15) is 0 Å². The van der Waals surface area contributed by atoms with Gasteiger partial charge in [0.25, 0.3) is 0 Å². The third-order valence-electron chi connectivity index (χ3n) is 13.8. The molecule has 0 aliphatic heterocycles. The van der Waals surface area contributed by atoms with Crippen molar-refractivity contribution in [2.45, 2.75) is 0 Å². The largest absolute Gasteiger partial charge is 0.456 e. The van der Waals surface area contributed by atoms with E-state index in [9.17, 15) is 0 Å². The van der Waals surface area contributed by atoms with Crippen LogP contribution in [0, 0.1) is 0 Å². The molecular weight excluding hydrogens is 853 g/mol. The lowest BCUT2D eigenvalue weighted by molar-refractivity contribution is 0.669. The molecule has 0 unspecified atom stereocenters. The zero-order valence-corrected chi connectivity index (χ0v) is 37.8. The van der Waals surface area contributed by atoms with E-state index in [0.29, 0.717) is 5.82 Å². The molecule has 0 spiro atoms. The van der Waals surface area contributed by atoms with Gasteiger partial charge < -0.3 is 8.98 Å². The van der Waals surface area contributed by atoms with Gasteiger partial charge in [-0.25, -0.2) is 15.0 Å². The minimum Gasteiger partial charge on any atom is -0.456 e. The monoisotopic (exact) mass is 892 g/mol. The summed E-state index contributed by atoms with van der Waals surface area (Å²) >= 11 is 0. The Kier molecular flexibility index (Phi) is 9.14. The summed E-state index contributed by atoms with van der Waals surface area (Å²) in [5.74, 6) is 0.661. The Morgan fingerprint density at radius 1 is 0.314 bits per heavy atom. The van der Waals surface area contributed by atoms with Crippen LogP contribution in [0.3, 0.4) is 0 Å². The Balaban J connectivity index is 0.914. The Hall–Kier alpha value is -9.45. The molecule has 0 radical (unpaired) electrons. The van der Waals surface area contributed by atoms with Crippen LogP contribution in [0.25, 0.3) is 139 Å². The molecule has 5 heteroatoms. The van der Waals surface area contributed by atoms with Gasteiger partial charge in [0.15, 0.2) is 5.82 Å². The van der Waals surface area contributed by atoms with E-state index in [1.54, 1.807) is 0 Å². The van der Waals surface area contributed by atoms with Crippen LogP contribution in [-0.4, -0.2) is 19.5 Å². The number of para-hydroxylation sites is 4. The number of hydrogen-bond donors (Lipinski definition) is 0. The average Bonchev–Trinajstić information content (AvgIpc) is 3.98. The van der Waals surface area contributed by atoms with Gasteiger partial charge in [0, 0.05) is 71.2 Å². The smallest absolute Gasteiger partial charge is 0.160 e. The summed E-state index contributed by atoms with van der Waals surface area (Å²) in [5, 5.41) is 7.94. The van der Waals surface area contributed by atoms with Crippen molar-refractivity contribution in [3.63, 3.8) is 0 Å². The highest BCUT2D eigenvalue weighted by molar-refractivity contribution is 6.28. The number of benzene rings is 10. The summed E-state index contributed by atoms with van der Waals surface area (Å²) in [5.41, 5.74) is 17.1. The van der Waals surface area contributed by atoms with Gasteiger partial charge in [-0.05, 0) is 77.4 Å². The van der Waals surface area contributed by atoms with Crippen molar-refractivity contribution < 1.29 is 4.42 Å². The first kappa shape index (κ1) is 39.7. The molecular formula is C65H40N4O. The fourth-order valence-electron chi connectivity index (χ4n) is 10.6. The van der Waals surface area contributed by atoms with Gasteiger partial charge in [0.2, 0.25) is 0 Å². The van der Waals surface area contributed by atoms with Crippen molar-refractivity contribution in [1.82, 2.24) is 19.5 Å². The van der Waals surface area contributed by atoms with Crippen molar-refractivity contribution in [3.8, 4) is 73.1 Å². The standard InChI is InChI=1S/C65H40N4O/c1-3-17-41(18-4-1)55-40-56(42-33-35-48(36-34-42)69-57-30-12-8-25-49(57)50-26-9-13-31-58(50)69)68-65(67-55)47-24-16-22-45(38-47)44-21-15-23-46(37-44)61-62-51-27-7-11-29-54(51)66-64(43-19-5-2-6-20-43)53(62)39-60-63(61)52-28-10-14-32-59(52)70-60/h1-40H. The summed E-state index contributed by atoms with van der Waals surface area (Å²) < 4.78 is 9.04. The Morgan fingerprint density at radius 2 is 0.843 bits per heavy atom. The number of rotatable bonds is 7. The molecule has 0 amide bonds. The predicted molar refractivity (Wildman–Crippen MR) is 289 cm³/mol. The first-order chi connectivity index (χ1) is 34.7. The van der Waals surface area contributed by atoms with E-state index in [1.165, 1.54) is 21.8 Å². The van der Waals surface area contributed by atoms with Gasteiger partial charge in [-0.15, -0.1) is 0 Å². The number of pyridine rings is 1.